The highest BCUT2D eigenvalue weighted by atomic mass is 35.5. The number of rotatable bonds is 5. The summed E-state index contributed by atoms with van der Waals surface area (Å²) >= 11 is 12.6. The zero-order valence-corrected chi connectivity index (χ0v) is 22.5. The van der Waals surface area contributed by atoms with Crippen LogP contribution in [-0.4, -0.2) is 26.3 Å². The van der Waals surface area contributed by atoms with E-state index < -0.39 is 16.4 Å². The van der Waals surface area contributed by atoms with Crippen molar-refractivity contribution in [3.05, 3.63) is 144 Å². The number of halogens is 2. The Hall–Kier alpha value is -5.12. The Morgan fingerprint density at radius 2 is 1.46 bits per heavy atom. The predicted octanol–water partition coefficient (Wildman–Crippen LogP) is 6.24. The number of hydrogen-bond donors (Lipinski definition) is 0. The first-order valence-corrected chi connectivity index (χ1v) is 13.0. The Labute approximate surface area is 242 Å². The summed E-state index contributed by atoms with van der Waals surface area (Å²) in [6.45, 7) is 0. The monoisotopic (exact) mass is 581 g/mol. The van der Waals surface area contributed by atoms with Crippen LogP contribution < -0.4 is 10.6 Å². The van der Waals surface area contributed by atoms with E-state index in [4.69, 9.17) is 28.2 Å². The molecule has 1 aliphatic rings. The second kappa shape index (κ2) is 10.5. The highest BCUT2D eigenvalue weighted by Gasteiger charge is 2.36. The number of nitrogens with zero attached hydrogens (tertiary/aromatic N) is 5. The van der Waals surface area contributed by atoms with Gasteiger partial charge in [0, 0.05) is 33.3 Å². The van der Waals surface area contributed by atoms with Crippen molar-refractivity contribution in [2.75, 3.05) is 5.01 Å². The van der Waals surface area contributed by atoms with Crippen LogP contribution in [0.1, 0.15) is 11.1 Å². The van der Waals surface area contributed by atoms with Crippen LogP contribution in [0.2, 0.25) is 10.0 Å². The van der Waals surface area contributed by atoms with Gasteiger partial charge in [0.1, 0.15) is 5.70 Å². The molecule has 0 spiro atoms. The second-order valence-corrected chi connectivity index (χ2v) is 9.90. The molecule has 4 aromatic carbocycles. The summed E-state index contributed by atoms with van der Waals surface area (Å²) in [5.74, 6) is -0.418. The number of aromatic nitrogens is 2. The van der Waals surface area contributed by atoms with Crippen LogP contribution in [0.3, 0.4) is 0 Å². The van der Waals surface area contributed by atoms with Gasteiger partial charge in [0.2, 0.25) is 0 Å². The molecule has 0 unspecified atom stereocenters. The molecule has 0 saturated carbocycles. The molecule has 0 atom stereocenters. The molecule has 1 aliphatic heterocycles. The molecule has 5 aromatic rings. The lowest BCUT2D eigenvalue weighted by atomic mass is 10.1. The van der Waals surface area contributed by atoms with E-state index in [1.54, 1.807) is 48.5 Å². The highest BCUT2D eigenvalue weighted by molar-refractivity contribution is 6.35. The number of carbonyl (C=O) groups excluding carboxylic acids is 1. The number of carbonyl (C=O) groups is 1. The van der Waals surface area contributed by atoms with E-state index in [2.05, 4.69) is 4.99 Å². The zero-order valence-electron chi connectivity index (χ0n) is 20.9. The number of benzene rings is 4. The molecule has 6 rings (SSSR count). The SMILES string of the molecule is O=C1/C(=C/c2ccccc2)N=C(c2ccc([N+](=O)[O-])cc2)N1n1c(-c2cc(Cl)cc(Cl)c2)nc2ccccc2c1=O. The molecule has 41 heavy (non-hydrogen) atoms. The molecular weight excluding hydrogens is 565 g/mol. The summed E-state index contributed by atoms with van der Waals surface area (Å²) in [5.41, 5.74) is 1.27. The number of nitro benzene ring substituents is 1. The van der Waals surface area contributed by atoms with Crippen LogP contribution >= 0.6 is 23.2 Å². The molecule has 0 radical (unpaired) electrons. The Morgan fingerprint density at radius 1 is 0.805 bits per heavy atom. The Kier molecular flexibility index (Phi) is 6.66. The molecule has 200 valence electrons. The van der Waals surface area contributed by atoms with Crippen LogP contribution in [0.25, 0.3) is 28.4 Å². The number of nitro groups is 1. The summed E-state index contributed by atoms with van der Waals surface area (Å²) in [6, 6.07) is 26.1. The largest absolute Gasteiger partial charge is 0.297 e. The molecule has 11 heteroatoms. The van der Waals surface area contributed by atoms with Gasteiger partial charge in [-0.05, 0) is 54.1 Å². The lowest BCUT2D eigenvalue weighted by Crippen LogP contribution is -2.49. The molecule has 1 aromatic heterocycles. The maximum atomic E-state index is 14.1. The maximum absolute atomic E-state index is 14.1. The minimum absolute atomic E-state index is 0.0553. The topological polar surface area (TPSA) is 111 Å². The first-order valence-electron chi connectivity index (χ1n) is 12.2. The van der Waals surface area contributed by atoms with Gasteiger partial charge >= 0.3 is 0 Å². The Balaban J connectivity index is 1.64. The van der Waals surface area contributed by atoms with Crippen LogP contribution in [0.4, 0.5) is 5.69 Å². The number of aliphatic imine (C=N–C) groups is 1. The van der Waals surface area contributed by atoms with Gasteiger partial charge in [-0.25, -0.2) is 9.98 Å². The van der Waals surface area contributed by atoms with Crippen molar-refractivity contribution in [1.82, 2.24) is 9.66 Å². The third kappa shape index (κ3) is 4.88. The van der Waals surface area contributed by atoms with Crippen LogP contribution in [0.15, 0.2) is 113 Å². The van der Waals surface area contributed by atoms with E-state index in [-0.39, 0.29) is 28.4 Å². The minimum atomic E-state index is -0.601. The van der Waals surface area contributed by atoms with Gasteiger partial charge in [0.25, 0.3) is 17.2 Å². The lowest BCUT2D eigenvalue weighted by molar-refractivity contribution is -0.384. The molecule has 9 nitrogen and oxygen atoms in total. The van der Waals surface area contributed by atoms with E-state index in [1.165, 1.54) is 24.3 Å². The smallest absolute Gasteiger partial charge is 0.267 e. The van der Waals surface area contributed by atoms with Crippen molar-refractivity contribution in [3.63, 3.8) is 0 Å². The van der Waals surface area contributed by atoms with Gasteiger partial charge in [0.05, 0.1) is 15.8 Å². The van der Waals surface area contributed by atoms with Crippen molar-refractivity contribution in [1.29, 1.82) is 0 Å². The second-order valence-electron chi connectivity index (χ2n) is 9.02. The van der Waals surface area contributed by atoms with Crippen LogP contribution in [0, 0.1) is 10.1 Å². The van der Waals surface area contributed by atoms with E-state index in [1.807, 2.05) is 30.3 Å². The molecular formula is C30H17Cl2N5O4. The van der Waals surface area contributed by atoms with E-state index in [9.17, 15) is 19.7 Å². The summed E-state index contributed by atoms with van der Waals surface area (Å²) in [6.07, 6.45) is 1.60. The third-order valence-electron chi connectivity index (χ3n) is 6.35. The van der Waals surface area contributed by atoms with Gasteiger partial charge in [-0.15, -0.1) is 0 Å². The quantitative estimate of drug-likeness (QED) is 0.138. The van der Waals surface area contributed by atoms with Crippen molar-refractivity contribution < 1.29 is 9.72 Å². The Bertz CT molecular complexity index is 1970. The van der Waals surface area contributed by atoms with Crippen molar-refractivity contribution in [2.45, 2.75) is 0 Å². The molecule has 0 bridgehead atoms. The fourth-order valence-electron chi connectivity index (χ4n) is 4.50. The van der Waals surface area contributed by atoms with Crippen molar-refractivity contribution >= 4 is 57.6 Å². The number of amides is 1. The number of hydrogen-bond acceptors (Lipinski definition) is 6. The standard InChI is InChI=1S/C30H17Cl2N5O4/c31-21-15-20(16-22(32)17-21)28-33-25-9-5-4-8-24(25)29(38)35(28)36-27(19-10-12-23(13-11-19)37(40)41)34-26(30(36)39)14-18-6-2-1-3-7-18/h1-17H/b26-14-. The highest BCUT2D eigenvalue weighted by Crippen LogP contribution is 2.29. The zero-order chi connectivity index (χ0) is 28.7. The fourth-order valence-corrected chi connectivity index (χ4v) is 5.02. The van der Waals surface area contributed by atoms with Crippen LogP contribution in [0.5, 0.6) is 0 Å². The molecule has 0 fully saturated rings. The molecule has 0 N–H and O–H groups in total. The molecule has 0 saturated heterocycles. The average molecular weight is 582 g/mol. The number of fused-ring (bicyclic) bond motifs is 1. The van der Waals surface area contributed by atoms with Gasteiger partial charge in [-0.3, -0.25) is 19.7 Å². The normalized spacial score (nSPS) is 14.1. The van der Waals surface area contributed by atoms with E-state index in [0.29, 0.717) is 26.7 Å². The number of amidine groups is 1. The summed E-state index contributed by atoms with van der Waals surface area (Å²) in [7, 11) is 0. The van der Waals surface area contributed by atoms with Gasteiger partial charge < -0.3 is 0 Å². The van der Waals surface area contributed by atoms with Gasteiger partial charge in [-0.2, -0.15) is 9.69 Å². The van der Waals surface area contributed by atoms with Crippen LogP contribution in [-0.2, 0) is 4.79 Å². The van der Waals surface area contributed by atoms with Gasteiger partial charge in [0.15, 0.2) is 11.7 Å². The first kappa shape index (κ1) is 26.1. The maximum Gasteiger partial charge on any atom is 0.297 e. The first-order chi connectivity index (χ1) is 19.8. The number of non-ortho nitro benzene ring substituents is 1. The van der Waals surface area contributed by atoms with E-state index in [0.717, 1.165) is 15.2 Å². The predicted molar refractivity (Wildman–Crippen MR) is 159 cm³/mol. The fraction of sp³-hybridized carbons (Fsp3) is 0. The van der Waals surface area contributed by atoms with Crippen molar-refractivity contribution in [2.24, 2.45) is 4.99 Å². The molecule has 2 heterocycles. The lowest BCUT2D eigenvalue weighted by Gasteiger charge is -2.24. The molecule has 1 amide bonds. The van der Waals surface area contributed by atoms with E-state index >= 15 is 0 Å². The average Bonchev–Trinajstić information content (AvgIpc) is 3.28. The summed E-state index contributed by atoms with van der Waals surface area (Å²) < 4.78 is 1.14. The molecule has 0 aliphatic carbocycles. The summed E-state index contributed by atoms with van der Waals surface area (Å²) in [4.78, 5) is 48.3. The Morgan fingerprint density at radius 3 is 2.15 bits per heavy atom. The van der Waals surface area contributed by atoms with Crippen molar-refractivity contribution in [3.8, 4) is 11.4 Å². The summed E-state index contributed by atoms with van der Waals surface area (Å²) in [5, 5.41) is 13.3. The van der Waals surface area contributed by atoms with Gasteiger partial charge in [-0.1, -0.05) is 65.7 Å². The minimum Gasteiger partial charge on any atom is -0.267 e. The number of para-hydroxylation sites is 1. The third-order valence-corrected chi connectivity index (χ3v) is 6.79.